The van der Waals surface area contributed by atoms with Crippen LogP contribution in [0.1, 0.15) is 12.5 Å². The molecule has 3 aliphatic rings. The number of nitrogens with one attached hydrogen (secondary N) is 1. The number of morpholine rings is 1. The molecule has 8 heteroatoms. The van der Waals surface area contributed by atoms with Crippen molar-refractivity contribution in [2.75, 3.05) is 33.4 Å². The topological polar surface area (TPSA) is 117 Å². The Morgan fingerprint density at radius 3 is 2.57 bits per heavy atom. The second-order valence-electron chi connectivity index (χ2n) is 6.75. The monoisotopic (exact) mass is 379 g/mol. The maximum absolute atomic E-state index is 9.93. The molecule has 8 nitrogen and oxygen atoms in total. The van der Waals surface area contributed by atoms with E-state index in [1.54, 1.807) is 14.0 Å². The molecule has 0 saturated carbocycles. The summed E-state index contributed by atoms with van der Waals surface area (Å²) in [6.07, 6.45) is 0. The van der Waals surface area contributed by atoms with Gasteiger partial charge in [-0.25, -0.2) is 4.99 Å². The first kappa shape index (κ1) is 18.1. The van der Waals surface area contributed by atoms with Crippen LogP contribution < -0.4 is 10.5 Å². The third-order valence-electron chi connectivity index (χ3n) is 5.32. The van der Waals surface area contributed by atoms with Gasteiger partial charge >= 0.3 is 0 Å². The first-order chi connectivity index (χ1) is 13.5. The van der Waals surface area contributed by atoms with Gasteiger partial charge in [-0.05, 0) is 24.6 Å². The predicted molar refractivity (Wildman–Crippen MR) is 103 cm³/mol. The summed E-state index contributed by atoms with van der Waals surface area (Å²) < 4.78 is 16.5. The molecule has 1 atom stereocenters. The van der Waals surface area contributed by atoms with Gasteiger partial charge in [0.1, 0.15) is 29.2 Å². The zero-order valence-electron chi connectivity index (χ0n) is 15.8. The Labute approximate surface area is 163 Å². The molecule has 1 spiro atoms. The van der Waals surface area contributed by atoms with Crippen LogP contribution in [0.2, 0.25) is 0 Å². The number of nitrogens with two attached hydrogens (primary N) is 1. The van der Waals surface area contributed by atoms with Gasteiger partial charge in [-0.3, -0.25) is 5.41 Å². The fourth-order valence-electron chi connectivity index (χ4n) is 4.07. The van der Waals surface area contributed by atoms with Crippen LogP contribution in [0.3, 0.4) is 0 Å². The molecular formula is C20H21N5O3. The van der Waals surface area contributed by atoms with Gasteiger partial charge < -0.3 is 24.8 Å². The number of hydrogen-bond donors (Lipinski definition) is 2. The summed E-state index contributed by atoms with van der Waals surface area (Å²) in [6.45, 7) is 4.10. The Morgan fingerprint density at radius 2 is 1.96 bits per heavy atom. The van der Waals surface area contributed by atoms with Gasteiger partial charge in [0.15, 0.2) is 5.41 Å². The average Bonchev–Trinajstić information content (AvgIpc) is 3.15. The van der Waals surface area contributed by atoms with Gasteiger partial charge in [-0.15, -0.1) is 0 Å². The van der Waals surface area contributed by atoms with Crippen LogP contribution in [0, 0.1) is 22.2 Å². The largest absolute Gasteiger partial charge is 0.497 e. The third kappa shape index (κ3) is 2.40. The van der Waals surface area contributed by atoms with Crippen LogP contribution in [-0.2, 0) is 9.47 Å². The Bertz CT molecular complexity index is 965. The highest BCUT2D eigenvalue weighted by Gasteiger charge is 2.60. The van der Waals surface area contributed by atoms with Crippen molar-refractivity contribution in [3.8, 4) is 11.8 Å². The van der Waals surface area contributed by atoms with E-state index in [-0.39, 0.29) is 17.3 Å². The highest BCUT2D eigenvalue weighted by atomic mass is 16.5. The van der Waals surface area contributed by atoms with Crippen molar-refractivity contribution in [2.45, 2.75) is 6.92 Å². The van der Waals surface area contributed by atoms with Gasteiger partial charge in [-0.2, -0.15) is 5.26 Å². The van der Waals surface area contributed by atoms with Gasteiger partial charge in [0.2, 0.25) is 5.90 Å². The minimum Gasteiger partial charge on any atom is -0.497 e. The number of rotatable bonds is 2. The molecule has 0 amide bonds. The standard InChI is InChI=1S/C20H21N5O3/c1-12-16(13-3-5-14(26-2)6-4-13)20(18(23)28-12)15(11-21)17(22)24-19(20)25-7-9-27-10-8-25/h3-6,23H,7-10,22H2,1-2H3/t20-/m0/s1. The summed E-state index contributed by atoms with van der Waals surface area (Å²) in [4.78, 5) is 6.56. The molecule has 1 aromatic rings. The molecule has 1 saturated heterocycles. The van der Waals surface area contributed by atoms with Crippen molar-refractivity contribution >= 4 is 17.3 Å². The van der Waals surface area contributed by atoms with Crippen LogP contribution in [-0.4, -0.2) is 50.0 Å². The molecular weight excluding hydrogens is 358 g/mol. The number of amidine groups is 1. The van der Waals surface area contributed by atoms with Gasteiger partial charge in [-0.1, -0.05) is 12.1 Å². The first-order valence-corrected chi connectivity index (χ1v) is 8.98. The quantitative estimate of drug-likeness (QED) is 0.810. The maximum Gasteiger partial charge on any atom is 0.210 e. The minimum atomic E-state index is -1.24. The van der Waals surface area contributed by atoms with E-state index in [2.05, 4.69) is 11.1 Å². The van der Waals surface area contributed by atoms with Crippen LogP contribution >= 0.6 is 0 Å². The smallest absolute Gasteiger partial charge is 0.210 e. The SMILES string of the molecule is COc1ccc(C2=C(C)OC(=N)[C@@]23C(N2CCOCC2)=NC(N)=C3C#N)cc1. The van der Waals surface area contributed by atoms with E-state index in [1.807, 2.05) is 29.2 Å². The van der Waals surface area contributed by atoms with E-state index in [0.717, 1.165) is 5.56 Å². The number of methoxy groups -OCH3 is 1. The number of hydrogen-bond acceptors (Lipinski definition) is 8. The minimum absolute atomic E-state index is 0.0574. The van der Waals surface area contributed by atoms with Crippen LogP contribution in [0.5, 0.6) is 5.75 Å². The second kappa shape index (κ2) is 6.69. The number of ether oxygens (including phenoxy) is 3. The summed E-state index contributed by atoms with van der Waals surface area (Å²) in [5.74, 6) is 1.89. The van der Waals surface area contributed by atoms with E-state index in [1.165, 1.54) is 0 Å². The highest BCUT2D eigenvalue weighted by molar-refractivity contribution is 6.24. The van der Waals surface area contributed by atoms with Gasteiger partial charge in [0, 0.05) is 18.7 Å². The highest BCUT2D eigenvalue weighted by Crippen LogP contribution is 2.54. The Morgan fingerprint density at radius 1 is 1.29 bits per heavy atom. The lowest BCUT2D eigenvalue weighted by Gasteiger charge is -2.37. The molecule has 144 valence electrons. The number of allylic oxidation sites excluding steroid dienone is 1. The Balaban J connectivity index is 1.92. The zero-order valence-corrected chi connectivity index (χ0v) is 15.8. The molecule has 1 aromatic carbocycles. The van der Waals surface area contributed by atoms with Crippen LogP contribution in [0.25, 0.3) is 5.57 Å². The van der Waals surface area contributed by atoms with Crippen molar-refractivity contribution in [2.24, 2.45) is 16.1 Å². The molecule has 3 heterocycles. The summed E-state index contributed by atoms with van der Waals surface area (Å²) in [6, 6.07) is 9.65. The van der Waals surface area contributed by atoms with Gasteiger partial charge in [0.05, 0.1) is 25.9 Å². The molecule has 0 radical (unpaired) electrons. The normalized spacial score (nSPS) is 24.5. The van der Waals surface area contributed by atoms with E-state index in [4.69, 9.17) is 25.4 Å². The second-order valence-corrected chi connectivity index (χ2v) is 6.75. The van der Waals surface area contributed by atoms with Crippen molar-refractivity contribution in [1.82, 2.24) is 4.90 Å². The third-order valence-corrected chi connectivity index (χ3v) is 5.32. The fourth-order valence-corrected chi connectivity index (χ4v) is 4.07. The zero-order chi connectivity index (χ0) is 19.9. The predicted octanol–water partition coefficient (Wildman–Crippen LogP) is 1.86. The molecule has 0 bridgehead atoms. The molecule has 1 fully saturated rings. The lowest BCUT2D eigenvalue weighted by atomic mass is 9.71. The Kier molecular flexibility index (Phi) is 4.32. The molecule has 28 heavy (non-hydrogen) atoms. The van der Waals surface area contributed by atoms with E-state index >= 15 is 0 Å². The Hall–Kier alpha value is -3.31. The van der Waals surface area contributed by atoms with E-state index in [9.17, 15) is 5.26 Å². The molecule has 3 aliphatic heterocycles. The maximum atomic E-state index is 9.93. The van der Waals surface area contributed by atoms with Crippen LogP contribution in [0.4, 0.5) is 0 Å². The summed E-state index contributed by atoms with van der Waals surface area (Å²) in [5, 5.41) is 18.6. The molecule has 4 rings (SSSR count). The molecule has 0 unspecified atom stereocenters. The summed E-state index contributed by atoms with van der Waals surface area (Å²) >= 11 is 0. The fraction of sp³-hybridized carbons (Fsp3) is 0.350. The molecule has 0 aromatic heterocycles. The van der Waals surface area contributed by atoms with Crippen LogP contribution in [0.15, 0.2) is 46.4 Å². The lowest BCUT2D eigenvalue weighted by molar-refractivity contribution is 0.0663. The molecule has 3 N–H and O–H groups in total. The summed E-state index contributed by atoms with van der Waals surface area (Å²) in [7, 11) is 1.60. The van der Waals surface area contributed by atoms with E-state index in [0.29, 0.717) is 49.2 Å². The number of nitriles is 1. The van der Waals surface area contributed by atoms with Crippen molar-refractivity contribution in [3.05, 3.63) is 47.0 Å². The lowest BCUT2D eigenvalue weighted by Crippen LogP contribution is -2.50. The molecule has 0 aliphatic carbocycles. The number of aliphatic imine (C=N–C) groups is 1. The van der Waals surface area contributed by atoms with Crippen molar-refractivity contribution in [1.29, 1.82) is 10.7 Å². The summed E-state index contributed by atoms with van der Waals surface area (Å²) in [5.41, 5.74) is 6.67. The number of benzene rings is 1. The van der Waals surface area contributed by atoms with Crippen molar-refractivity contribution in [3.63, 3.8) is 0 Å². The number of nitrogens with zero attached hydrogens (tertiary/aromatic N) is 3. The first-order valence-electron chi connectivity index (χ1n) is 8.98. The van der Waals surface area contributed by atoms with Gasteiger partial charge in [0.25, 0.3) is 0 Å². The average molecular weight is 379 g/mol. The van der Waals surface area contributed by atoms with E-state index < -0.39 is 5.41 Å². The van der Waals surface area contributed by atoms with Crippen molar-refractivity contribution < 1.29 is 14.2 Å².